The third kappa shape index (κ3) is 5.55. The third-order valence-electron chi connectivity index (χ3n) is 5.99. The molecule has 1 aromatic rings. The van der Waals surface area contributed by atoms with E-state index in [1.54, 1.807) is 0 Å². The van der Waals surface area contributed by atoms with E-state index in [0.717, 1.165) is 58.4 Å². The van der Waals surface area contributed by atoms with Crippen molar-refractivity contribution in [3.63, 3.8) is 0 Å². The molecule has 2 aliphatic heterocycles. The van der Waals surface area contributed by atoms with Gasteiger partial charge in [-0.05, 0) is 57.2 Å². The van der Waals surface area contributed by atoms with Crippen LogP contribution < -0.4 is 5.32 Å². The Labute approximate surface area is 163 Å². The van der Waals surface area contributed by atoms with Crippen molar-refractivity contribution in [2.45, 2.75) is 38.5 Å². The van der Waals surface area contributed by atoms with Crippen LogP contribution in [0.2, 0.25) is 0 Å². The molecule has 0 saturated carbocycles. The van der Waals surface area contributed by atoms with Crippen LogP contribution in [-0.4, -0.2) is 61.4 Å². The molecule has 1 aromatic carbocycles. The molecule has 5 heteroatoms. The lowest BCUT2D eigenvalue weighted by atomic mass is 9.92. The summed E-state index contributed by atoms with van der Waals surface area (Å²) in [5.41, 5.74) is 1.21. The summed E-state index contributed by atoms with van der Waals surface area (Å²) in [6, 6.07) is 10.2. The molecule has 2 amide bonds. The predicted molar refractivity (Wildman–Crippen MR) is 107 cm³/mol. The van der Waals surface area contributed by atoms with Crippen molar-refractivity contribution >= 4 is 11.8 Å². The number of nitrogens with one attached hydrogen (secondary N) is 1. The molecule has 2 fully saturated rings. The molecule has 1 atom stereocenters. The van der Waals surface area contributed by atoms with Crippen molar-refractivity contribution in [3.8, 4) is 0 Å². The highest BCUT2D eigenvalue weighted by Crippen LogP contribution is 2.24. The molecule has 0 spiro atoms. The highest BCUT2D eigenvalue weighted by Gasteiger charge is 2.32. The lowest BCUT2D eigenvalue weighted by molar-refractivity contribution is -0.142. The van der Waals surface area contributed by atoms with Gasteiger partial charge in [-0.2, -0.15) is 0 Å². The van der Waals surface area contributed by atoms with Crippen LogP contribution in [0.25, 0.3) is 0 Å². The van der Waals surface area contributed by atoms with Gasteiger partial charge >= 0.3 is 0 Å². The van der Waals surface area contributed by atoms with E-state index in [1.807, 2.05) is 30.1 Å². The lowest BCUT2D eigenvalue weighted by Crippen LogP contribution is -2.48. The molecule has 2 saturated heterocycles. The zero-order valence-electron chi connectivity index (χ0n) is 16.5. The molecule has 2 heterocycles. The molecule has 148 valence electrons. The number of rotatable bonds is 6. The van der Waals surface area contributed by atoms with Gasteiger partial charge in [-0.15, -0.1) is 0 Å². The number of carbonyl (C=O) groups excluding carboxylic acids is 2. The molecule has 0 bridgehead atoms. The Kier molecular flexibility index (Phi) is 7.27. The Bertz CT molecular complexity index is 609. The maximum absolute atomic E-state index is 12.9. The van der Waals surface area contributed by atoms with E-state index in [2.05, 4.69) is 22.3 Å². The topological polar surface area (TPSA) is 52.7 Å². The van der Waals surface area contributed by atoms with Crippen molar-refractivity contribution < 1.29 is 9.59 Å². The van der Waals surface area contributed by atoms with Crippen LogP contribution in [0.4, 0.5) is 0 Å². The number of hydrogen-bond acceptors (Lipinski definition) is 3. The molecule has 27 heavy (non-hydrogen) atoms. The first-order valence-corrected chi connectivity index (χ1v) is 10.4. The van der Waals surface area contributed by atoms with E-state index in [4.69, 9.17) is 0 Å². The minimum absolute atomic E-state index is 0.0940. The van der Waals surface area contributed by atoms with Gasteiger partial charge in [-0.25, -0.2) is 0 Å². The highest BCUT2D eigenvalue weighted by atomic mass is 16.2. The van der Waals surface area contributed by atoms with E-state index in [1.165, 1.54) is 12.0 Å². The number of amides is 2. The average molecular weight is 372 g/mol. The van der Waals surface area contributed by atoms with Crippen molar-refractivity contribution in [2.24, 2.45) is 11.8 Å². The minimum atomic E-state index is 0.0940. The van der Waals surface area contributed by atoms with Crippen LogP contribution in [0.5, 0.6) is 0 Å². The average Bonchev–Trinajstić information content (AvgIpc) is 2.73. The predicted octanol–water partition coefficient (Wildman–Crippen LogP) is 2.32. The van der Waals surface area contributed by atoms with Gasteiger partial charge in [-0.1, -0.05) is 30.3 Å². The maximum atomic E-state index is 12.9. The number of likely N-dealkylation sites (tertiary alicyclic amines) is 2. The molecule has 1 unspecified atom stereocenters. The molecule has 0 aliphatic carbocycles. The first-order valence-electron chi connectivity index (χ1n) is 10.4. The standard InChI is InChI=1S/C22H33N3O2/c1-23-16-19-8-5-13-25(17-19)22(27)20-11-14-24(15-12-20)21(26)10-9-18-6-3-2-4-7-18/h2-4,6-7,19-20,23H,5,8-17H2,1H3. The molecule has 5 nitrogen and oxygen atoms in total. The molecule has 3 rings (SSSR count). The van der Waals surface area contributed by atoms with Crippen LogP contribution >= 0.6 is 0 Å². The van der Waals surface area contributed by atoms with Gasteiger partial charge in [0.15, 0.2) is 0 Å². The van der Waals surface area contributed by atoms with E-state index in [9.17, 15) is 9.59 Å². The Morgan fingerprint density at radius 2 is 1.78 bits per heavy atom. The smallest absolute Gasteiger partial charge is 0.225 e. The van der Waals surface area contributed by atoms with Crippen LogP contribution in [0.3, 0.4) is 0 Å². The summed E-state index contributed by atoms with van der Waals surface area (Å²) in [7, 11) is 1.98. The lowest BCUT2D eigenvalue weighted by Gasteiger charge is -2.38. The summed E-state index contributed by atoms with van der Waals surface area (Å²) in [6.45, 7) is 4.21. The van der Waals surface area contributed by atoms with Gasteiger partial charge < -0.3 is 15.1 Å². The summed E-state index contributed by atoms with van der Waals surface area (Å²) in [6.07, 6.45) is 5.28. The van der Waals surface area contributed by atoms with Gasteiger partial charge in [0.2, 0.25) is 11.8 Å². The molecular weight excluding hydrogens is 338 g/mol. The fourth-order valence-electron chi connectivity index (χ4n) is 4.41. The number of nitrogens with zero attached hydrogens (tertiary/aromatic N) is 2. The van der Waals surface area contributed by atoms with Gasteiger partial charge in [0.05, 0.1) is 0 Å². The minimum Gasteiger partial charge on any atom is -0.343 e. The van der Waals surface area contributed by atoms with Gasteiger partial charge in [0, 0.05) is 38.5 Å². The van der Waals surface area contributed by atoms with E-state index in [0.29, 0.717) is 18.2 Å². The Morgan fingerprint density at radius 1 is 1.04 bits per heavy atom. The zero-order chi connectivity index (χ0) is 19.1. The van der Waals surface area contributed by atoms with Gasteiger partial charge in [0.25, 0.3) is 0 Å². The largest absolute Gasteiger partial charge is 0.343 e. The summed E-state index contributed by atoms with van der Waals surface area (Å²) in [4.78, 5) is 29.4. The number of carbonyl (C=O) groups is 2. The molecular formula is C22H33N3O2. The zero-order valence-corrected chi connectivity index (χ0v) is 16.5. The second kappa shape index (κ2) is 9.88. The van der Waals surface area contributed by atoms with Gasteiger partial charge in [-0.3, -0.25) is 9.59 Å². The maximum Gasteiger partial charge on any atom is 0.225 e. The van der Waals surface area contributed by atoms with Crippen LogP contribution in [0.15, 0.2) is 30.3 Å². The van der Waals surface area contributed by atoms with Crippen LogP contribution in [0.1, 0.15) is 37.7 Å². The van der Waals surface area contributed by atoms with E-state index < -0.39 is 0 Å². The number of aryl methyl sites for hydroxylation is 1. The fraction of sp³-hybridized carbons (Fsp3) is 0.636. The van der Waals surface area contributed by atoms with Crippen molar-refractivity contribution in [1.82, 2.24) is 15.1 Å². The van der Waals surface area contributed by atoms with Crippen molar-refractivity contribution in [3.05, 3.63) is 35.9 Å². The number of hydrogen-bond donors (Lipinski definition) is 1. The summed E-state index contributed by atoms with van der Waals surface area (Å²) in [5, 5.41) is 3.24. The number of benzene rings is 1. The van der Waals surface area contributed by atoms with E-state index >= 15 is 0 Å². The van der Waals surface area contributed by atoms with Gasteiger partial charge in [0.1, 0.15) is 0 Å². The summed E-state index contributed by atoms with van der Waals surface area (Å²) < 4.78 is 0. The third-order valence-corrected chi connectivity index (χ3v) is 5.99. The normalized spacial score (nSPS) is 21.3. The van der Waals surface area contributed by atoms with Crippen LogP contribution in [0, 0.1) is 11.8 Å². The summed E-state index contributed by atoms with van der Waals surface area (Å²) >= 11 is 0. The van der Waals surface area contributed by atoms with Crippen LogP contribution in [-0.2, 0) is 16.0 Å². The molecule has 0 radical (unpaired) electrons. The monoisotopic (exact) mass is 371 g/mol. The van der Waals surface area contributed by atoms with Crippen molar-refractivity contribution in [1.29, 1.82) is 0 Å². The molecule has 1 N–H and O–H groups in total. The fourth-order valence-corrected chi connectivity index (χ4v) is 4.41. The quantitative estimate of drug-likeness (QED) is 0.835. The Morgan fingerprint density at radius 3 is 2.48 bits per heavy atom. The Hall–Kier alpha value is -1.88. The highest BCUT2D eigenvalue weighted by molar-refractivity contribution is 5.80. The SMILES string of the molecule is CNCC1CCCN(C(=O)C2CCN(C(=O)CCc3ccccc3)CC2)C1. The second-order valence-corrected chi connectivity index (χ2v) is 7.99. The molecule has 2 aliphatic rings. The van der Waals surface area contributed by atoms with Crippen molar-refractivity contribution in [2.75, 3.05) is 39.8 Å². The van der Waals surface area contributed by atoms with E-state index in [-0.39, 0.29) is 11.8 Å². The second-order valence-electron chi connectivity index (χ2n) is 7.99. The first kappa shape index (κ1) is 19.9. The number of piperidine rings is 2. The molecule has 0 aromatic heterocycles. The Balaban J connectivity index is 1.42. The summed E-state index contributed by atoms with van der Waals surface area (Å²) in [5.74, 6) is 1.20. The first-order chi connectivity index (χ1) is 13.2.